The minimum absolute atomic E-state index is 0.160. The third-order valence-electron chi connectivity index (χ3n) is 3.28. The lowest BCUT2D eigenvalue weighted by Crippen LogP contribution is -2.41. The molecule has 1 rings (SSSR count). The number of halogens is 3. The number of hydrogen-bond donors (Lipinski definition) is 2. The summed E-state index contributed by atoms with van der Waals surface area (Å²) in [6, 6.07) is 0. The van der Waals surface area contributed by atoms with Gasteiger partial charge in [0.15, 0.2) is 5.96 Å². The molecule has 2 N–H and O–H groups in total. The molecule has 1 atom stereocenters. The first-order chi connectivity index (χ1) is 10.4. The number of rotatable bonds is 7. The largest absolute Gasteiger partial charge is 0.390 e. The van der Waals surface area contributed by atoms with E-state index in [1.807, 2.05) is 6.92 Å². The predicted molar refractivity (Wildman–Crippen MR) is 81.1 cm³/mol. The molecule has 0 radical (unpaired) electrons. The molecule has 0 aromatic rings. The van der Waals surface area contributed by atoms with Crippen molar-refractivity contribution in [1.82, 2.24) is 15.5 Å². The zero-order valence-electron chi connectivity index (χ0n) is 13.4. The smallest absolute Gasteiger partial charge is 0.379 e. The Labute approximate surface area is 130 Å². The molecule has 22 heavy (non-hydrogen) atoms. The third-order valence-corrected chi connectivity index (χ3v) is 3.28. The number of nitrogens with zero attached hydrogens (tertiary/aromatic N) is 2. The molecule has 1 aliphatic heterocycles. The highest BCUT2D eigenvalue weighted by atomic mass is 19.4. The standard InChI is InChI=1S/C14H27F3N4O/c1-3-18-13(19-5-4-14(15,16)17)20-10-12(2)11-21-6-8-22-9-7-21/h12H,3-11H2,1-2H3,(H2,18,19,20). The van der Waals surface area contributed by atoms with Crippen molar-refractivity contribution < 1.29 is 17.9 Å². The maximum absolute atomic E-state index is 12.2. The van der Waals surface area contributed by atoms with E-state index in [2.05, 4.69) is 27.4 Å². The van der Waals surface area contributed by atoms with Gasteiger partial charge in [-0.2, -0.15) is 13.2 Å². The molecule has 0 saturated carbocycles. The average Bonchev–Trinajstić information content (AvgIpc) is 2.44. The van der Waals surface area contributed by atoms with Gasteiger partial charge in [0.2, 0.25) is 0 Å². The molecule has 0 amide bonds. The molecule has 0 aliphatic carbocycles. The molecule has 1 heterocycles. The lowest BCUT2D eigenvalue weighted by Gasteiger charge is -2.28. The lowest BCUT2D eigenvalue weighted by molar-refractivity contribution is -0.132. The van der Waals surface area contributed by atoms with Gasteiger partial charge in [-0.1, -0.05) is 6.92 Å². The highest BCUT2D eigenvalue weighted by Crippen LogP contribution is 2.18. The molecule has 0 aromatic carbocycles. The van der Waals surface area contributed by atoms with E-state index in [0.29, 0.717) is 25.0 Å². The van der Waals surface area contributed by atoms with Gasteiger partial charge in [0.1, 0.15) is 0 Å². The quantitative estimate of drug-likeness (QED) is 0.550. The molecule has 0 spiro atoms. The molecule has 1 aliphatic rings. The van der Waals surface area contributed by atoms with Crippen molar-refractivity contribution in [3.05, 3.63) is 0 Å². The SMILES string of the molecule is CCNC(=NCC(C)CN1CCOCC1)NCCC(F)(F)F. The van der Waals surface area contributed by atoms with Gasteiger partial charge in [0.05, 0.1) is 19.6 Å². The Kier molecular flexibility index (Phi) is 8.55. The maximum Gasteiger partial charge on any atom is 0.390 e. The normalized spacial score (nSPS) is 19.0. The van der Waals surface area contributed by atoms with Gasteiger partial charge in [0.25, 0.3) is 0 Å². The molecule has 0 bridgehead atoms. The number of morpholine rings is 1. The van der Waals surface area contributed by atoms with E-state index in [0.717, 1.165) is 32.8 Å². The van der Waals surface area contributed by atoms with E-state index in [4.69, 9.17) is 4.74 Å². The van der Waals surface area contributed by atoms with Crippen LogP contribution in [0.5, 0.6) is 0 Å². The number of guanidine groups is 1. The fourth-order valence-electron chi connectivity index (χ4n) is 2.19. The highest BCUT2D eigenvalue weighted by molar-refractivity contribution is 5.79. The second kappa shape index (κ2) is 9.89. The zero-order valence-corrected chi connectivity index (χ0v) is 13.4. The van der Waals surface area contributed by atoms with Gasteiger partial charge in [0, 0.05) is 39.3 Å². The van der Waals surface area contributed by atoms with Crippen LogP contribution < -0.4 is 10.6 Å². The fourth-order valence-corrected chi connectivity index (χ4v) is 2.19. The van der Waals surface area contributed by atoms with Gasteiger partial charge in [-0.05, 0) is 12.8 Å². The molecule has 1 fully saturated rings. The third kappa shape index (κ3) is 9.09. The van der Waals surface area contributed by atoms with Crippen molar-refractivity contribution in [2.24, 2.45) is 10.9 Å². The Balaban J connectivity index is 2.33. The van der Waals surface area contributed by atoms with Crippen LogP contribution in [0.4, 0.5) is 13.2 Å². The Morgan fingerprint density at radius 3 is 2.55 bits per heavy atom. The van der Waals surface area contributed by atoms with Crippen LogP contribution in [-0.2, 0) is 4.74 Å². The van der Waals surface area contributed by atoms with Gasteiger partial charge in [-0.15, -0.1) is 0 Å². The Hall–Kier alpha value is -1.02. The summed E-state index contributed by atoms with van der Waals surface area (Å²) in [6.45, 7) is 9.33. The monoisotopic (exact) mass is 324 g/mol. The minimum atomic E-state index is -4.14. The molecule has 8 heteroatoms. The van der Waals surface area contributed by atoms with Crippen LogP contribution in [-0.4, -0.2) is 69.5 Å². The van der Waals surface area contributed by atoms with E-state index in [-0.39, 0.29) is 6.54 Å². The van der Waals surface area contributed by atoms with Crippen LogP contribution in [0.1, 0.15) is 20.3 Å². The first-order valence-corrected chi connectivity index (χ1v) is 7.79. The molecule has 5 nitrogen and oxygen atoms in total. The van der Waals surface area contributed by atoms with Crippen molar-refractivity contribution in [1.29, 1.82) is 0 Å². The van der Waals surface area contributed by atoms with Crippen LogP contribution >= 0.6 is 0 Å². The van der Waals surface area contributed by atoms with Crippen LogP contribution in [0.25, 0.3) is 0 Å². The number of hydrogen-bond acceptors (Lipinski definition) is 3. The summed E-state index contributed by atoms with van der Waals surface area (Å²) < 4.78 is 41.8. The van der Waals surface area contributed by atoms with Crippen molar-refractivity contribution in [3.8, 4) is 0 Å². The predicted octanol–water partition coefficient (Wildman–Crippen LogP) is 1.46. The van der Waals surface area contributed by atoms with Crippen LogP contribution in [0, 0.1) is 5.92 Å². The van der Waals surface area contributed by atoms with E-state index in [9.17, 15) is 13.2 Å². The van der Waals surface area contributed by atoms with Gasteiger partial charge in [-0.25, -0.2) is 0 Å². The molecule has 1 unspecified atom stereocenters. The topological polar surface area (TPSA) is 48.9 Å². The van der Waals surface area contributed by atoms with Crippen molar-refractivity contribution in [2.45, 2.75) is 26.4 Å². The highest BCUT2D eigenvalue weighted by Gasteiger charge is 2.26. The average molecular weight is 324 g/mol. The molecular weight excluding hydrogens is 297 g/mol. The van der Waals surface area contributed by atoms with Gasteiger partial charge >= 0.3 is 6.18 Å². The summed E-state index contributed by atoms with van der Waals surface area (Å²) in [5.41, 5.74) is 0. The Morgan fingerprint density at radius 2 is 1.95 bits per heavy atom. The Morgan fingerprint density at radius 1 is 1.27 bits per heavy atom. The summed E-state index contributed by atoms with van der Waals surface area (Å²) >= 11 is 0. The van der Waals surface area contributed by atoms with Crippen LogP contribution in [0.15, 0.2) is 4.99 Å². The van der Waals surface area contributed by atoms with Crippen molar-refractivity contribution in [3.63, 3.8) is 0 Å². The van der Waals surface area contributed by atoms with Gasteiger partial charge in [-0.3, -0.25) is 9.89 Å². The van der Waals surface area contributed by atoms with E-state index < -0.39 is 12.6 Å². The van der Waals surface area contributed by atoms with Crippen LogP contribution in [0.3, 0.4) is 0 Å². The number of aliphatic imine (C=N–C) groups is 1. The van der Waals surface area contributed by atoms with Crippen molar-refractivity contribution >= 4 is 5.96 Å². The maximum atomic E-state index is 12.2. The second-order valence-electron chi connectivity index (χ2n) is 5.53. The zero-order chi connectivity index (χ0) is 16.4. The number of alkyl halides is 3. The Bertz CT molecular complexity index is 331. The van der Waals surface area contributed by atoms with E-state index in [1.165, 1.54) is 0 Å². The number of ether oxygens (including phenoxy) is 1. The van der Waals surface area contributed by atoms with Crippen molar-refractivity contribution in [2.75, 3.05) is 52.5 Å². The fraction of sp³-hybridized carbons (Fsp3) is 0.929. The summed E-state index contributed by atoms with van der Waals surface area (Å²) in [5.74, 6) is 0.789. The van der Waals surface area contributed by atoms with E-state index >= 15 is 0 Å². The molecule has 0 aromatic heterocycles. The van der Waals surface area contributed by atoms with E-state index in [1.54, 1.807) is 0 Å². The summed E-state index contributed by atoms with van der Waals surface area (Å²) in [6.07, 6.45) is -5.01. The first-order valence-electron chi connectivity index (χ1n) is 7.79. The minimum Gasteiger partial charge on any atom is -0.379 e. The number of nitrogens with one attached hydrogen (secondary N) is 2. The summed E-state index contributed by atoms with van der Waals surface area (Å²) in [4.78, 5) is 6.69. The first kappa shape index (κ1) is 19.0. The molecular formula is C14H27F3N4O. The van der Waals surface area contributed by atoms with Crippen LogP contribution in [0.2, 0.25) is 0 Å². The lowest BCUT2D eigenvalue weighted by atomic mass is 10.1. The molecule has 1 saturated heterocycles. The van der Waals surface area contributed by atoms with Gasteiger partial charge < -0.3 is 15.4 Å². The second-order valence-corrected chi connectivity index (χ2v) is 5.53. The molecule has 130 valence electrons. The summed E-state index contributed by atoms with van der Waals surface area (Å²) in [5, 5.41) is 5.69. The summed E-state index contributed by atoms with van der Waals surface area (Å²) in [7, 11) is 0.